The van der Waals surface area contributed by atoms with Gasteiger partial charge in [-0.3, -0.25) is 4.98 Å². The van der Waals surface area contributed by atoms with Gasteiger partial charge in [0.05, 0.1) is 11.8 Å². The van der Waals surface area contributed by atoms with Crippen LogP contribution in [0.25, 0.3) is 33.8 Å². The molecule has 4 rings (SSSR count). The second kappa shape index (κ2) is 6.00. The first kappa shape index (κ1) is 14.2. The molecule has 3 heterocycles. The Balaban J connectivity index is 2.02. The Morgan fingerprint density at radius 2 is 1.75 bits per heavy atom. The fourth-order valence-electron chi connectivity index (χ4n) is 2.54. The average molecular weight is 315 g/mol. The number of aryl methyl sites for hydroxylation is 1. The van der Waals surface area contributed by atoms with Gasteiger partial charge in [-0.25, -0.2) is 0 Å². The van der Waals surface area contributed by atoms with E-state index in [2.05, 4.69) is 25.3 Å². The molecule has 1 aromatic carbocycles. The molecule has 0 aliphatic rings. The van der Waals surface area contributed by atoms with Crippen molar-refractivity contribution in [3.8, 4) is 33.8 Å². The molecule has 0 fully saturated rings. The van der Waals surface area contributed by atoms with Gasteiger partial charge in [0.2, 0.25) is 0 Å². The van der Waals surface area contributed by atoms with Crippen molar-refractivity contribution in [2.45, 2.75) is 6.92 Å². The van der Waals surface area contributed by atoms with Crippen LogP contribution in [0.3, 0.4) is 0 Å². The third kappa shape index (κ3) is 2.54. The molecule has 0 radical (unpaired) electrons. The van der Waals surface area contributed by atoms with E-state index in [0.29, 0.717) is 17.4 Å². The summed E-state index contributed by atoms with van der Waals surface area (Å²) in [6.07, 6.45) is 5.17. The van der Waals surface area contributed by atoms with E-state index >= 15 is 0 Å². The van der Waals surface area contributed by atoms with Crippen molar-refractivity contribution in [3.05, 3.63) is 66.9 Å². The Kier molecular flexibility index (Phi) is 3.55. The molecule has 116 valence electrons. The van der Waals surface area contributed by atoms with Gasteiger partial charge in [0.25, 0.3) is 5.89 Å². The number of pyridine rings is 1. The van der Waals surface area contributed by atoms with Crippen molar-refractivity contribution < 1.29 is 4.52 Å². The summed E-state index contributed by atoms with van der Waals surface area (Å²) in [5.41, 5.74) is 4.14. The zero-order valence-corrected chi connectivity index (χ0v) is 12.9. The maximum absolute atomic E-state index is 5.43. The van der Waals surface area contributed by atoms with Gasteiger partial charge >= 0.3 is 0 Å². The van der Waals surface area contributed by atoms with Crippen LogP contribution in [0.1, 0.15) is 5.82 Å². The van der Waals surface area contributed by atoms with Crippen molar-refractivity contribution in [1.82, 2.24) is 25.3 Å². The predicted octanol–water partition coefficient (Wildman–Crippen LogP) is 3.56. The Morgan fingerprint density at radius 3 is 2.46 bits per heavy atom. The van der Waals surface area contributed by atoms with Gasteiger partial charge in [-0.15, -0.1) is 5.10 Å². The van der Waals surface area contributed by atoms with Gasteiger partial charge in [0, 0.05) is 23.5 Å². The average Bonchev–Trinajstić information content (AvgIpc) is 3.08. The third-order valence-electron chi connectivity index (χ3n) is 3.61. The molecule has 0 amide bonds. The Bertz CT molecular complexity index is 909. The minimum atomic E-state index is 0.417. The second-order valence-electron chi connectivity index (χ2n) is 5.24. The highest BCUT2D eigenvalue weighted by molar-refractivity contribution is 5.88. The van der Waals surface area contributed by atoms with Crippen LogP contribution in [0.2, 0.25) is 0 Å². The van der Waals surface area contributed by atoms with Gasteiger partial charge in [0.15, 0.2) is 5.82 Å². The summed E-state index contributed by atoms with van der Waals surface area (Å²) in [6, 6.07) is 13.7. The molecule has 0 saturated heterocycles. The summed E-state index contributed by atoms with van der Waals surface area (Å²) in [7, 11) is 0. The number of hydrogen-bond acceptors (Lipinski definition) is 6. The lowest BCUT2D eigenvalue weighted by atomic mass is 9.98. The second-order valence-corrected chi connectivity index (χ2v) is 5.24. The lowest BCUT2D eigenvalue weighted by Crippen LogP contribution is -1.96. The van der Waals surface area contributed by atoms with Crippen LogP contribution >= 0.6 is 0 Å². The molecule has 0 aliphatic heterocycles. The topological polar surface area (TPSA) is 77.6 Å². The molecule has 0 saturated carbocycles. The van der Waals surface area contributed by atoms with E-state index in [4.69, 9.17) is 4.52 Å². The van der Waals surface area contributed by atoms with Crippen LogP contribution in [0.4, 0.5) is 0 Å². The highest BCUT2D eigenvalue weighted by Crippen LogP contribution is 2.36. The first-order valence-electron chi connectivity index (χ1n) is 7.45. The van der Waals surface area contributed by atoms with Crippen molar-refractivity contribution in [2.75, 3.05) is 0 Å². The number of aromatic nitrogens is 5. The highest BCUT2D eigenvalue weighted by atomic mass is 16.5. The van der Waals surface area contributed by atoms with E-state index in [1.54, 1.807) is 25.5 Å². The minimum Gasteiger partial charge on any atom is -0.334 e. The van der Waals surface area contributed by atoms with Crippen molar-refractivity contribution in [1.29, 1.82) is 0 Å². The molecule has 0 bridgehead atoms. The molecule has 24 heavy (non-hydrogen) atoms. The molecular weight excluding hydrogens is 302 g/mol. The fraction of sp³-hybridized carbons (Fsp3) is 0.0556. The molecule has 0 unspecified atom stereocenters. The van der Waals surface area contributed by atoms with Crippen LogP contribution in [0.15, 0.2) is 65.6 Å². The molecule has 0 N–H and O–H groups in total. The van der Waals surface area contributed by atoms with Crippen LogP contribution < -0.4 is 0 Å². The molecule has 3 aromatic heterocycles. The Hall–Kier alpha value is -3.41. The quantitative estimate of drug-likeness (QED) is 0.575. The summed E-state index contributed by atoms with van der Waals surface area (Å²) in [5, 5.41) is 12.4. The maximum Gasteiger partial charge on any atom is 0.260 e. The molecule has 0 aliphatic carbocycles. The first-order chi connectivity index (χ1) is 11.8. The summed E-state index contributed by atoms with van der Waals surface area (Å²) in [6.45, 7) is 1.79. The molecule has 4 aromatic rings. The Morgan fingerprint density at radius 1 is 0.917 bits per heavy atom. The van der Waals surface area contributed by atoms with Crippen molar-refractivity contribution in [2.24, 2.45) is 0 Å². The monoisotopic (exact) mass is 315 g/mol. The largest absolute Gasteiger partial charge is 0.334 e. The maximum atomic E-state index is 5.43. The molecular formula is C18H13N5O. The van der Waals surface area contributed by atoms with Crippen molar-refractivity contribution >= 4 is 0 Å². The van der Waals surface area contributed by atoms with Gasteiger partial charge in [0.1, 0.15) is 5.69 Å². The van der Waals surface area contributed by atoms with Crippen molar-refractivity contribution in [3.63, 3.8) is 0 Å². The lowest BCUT2D eigenvalue weighted by molar-refractivity contribution is 0.425. The van der Waals surface area contributed by atoms with Crippen LogP contribution in [-0.2, 0) is 0 Å². The summed E-state index contributed by atoms with van der Waals surface area (Å²) in [4.78, 5) is 8.56. The standard InChI is InChI=1S/C18H13N5O/c1-12-21-18(24-23-12)16-15(13-6-3-2-4-7-13)11-20-22-17(16)14-8-5-9-19-10-14/h2-11H,1H3. The Labute approximate surface area is 138 Å². The lowest BCUT2D eigenvalue weighted by Gasteiger charge is -2.10. The number of nitrogens with zero attached hydrogens (tertiary/aromatic N) is 5. The molecule has 6 nitrogen and oxygen atoms in total. The summed E-state index contributed by atoms with van der Waals surface area (Å²) < 4.78 is 5.43. The number of benzene rings is 1. The molecule has 6 heteroatoms. The summed E-state index contributed by atoms with van der Waals surface area (Å²) in [5.74, 6) is 0.984. The van der Waals surface area contributed by atoms with E-state index in [0.717, 1.165) is 22.3 Å². The van der Waals surface area contributed by atoms with E-state index in [1.807, 2.05) is 42.5 Å². The van der Waals surface area contributed by atoms with E-state index in [-0.39, 0.29) is 0 Å². The van der Waals surface area contributed by atoms with E-state index in [9.17, 15) is 0 Å². The zero-order valence-electron chi connectivity index (χ0n) is 12.9. The van der Waals surface area contributed by atoms with Crippen LogP contribution in [0, 0.1) is 6.92 Å². The first-order valence-corrected chi connectivity index (χ1v) is 7.45. The smallest absolute Gasteiger partial charge is 0.260 e. The van der Waals surface area contributed by atoms with Crippen LogP contribution in [0.5, 0.6) is 0 Å². The number of rotatable bonds is 3. The van der Waals surface area contributed by atoms with Gasteiger partial charge in [-0.1, -0.05) is 35.5 Å². The van der Waals surface area contributed by atoms with Gasteiger partial charge < -0.3 is 4.52 Å². The SMILES string of the molecule is Cc1noc(-c2c(-c3ccccc3)cnnc2-c2cccnc2)n1. The van der Waals surface area contributed by atoms with E-state index in [1.165, 1.54) is 0 Å². The third-order valence-corrected chi connectivity index (χ3v) is 3.61. The number of hydrogen-bond donors (Lipinski definition) is 0. The minimum absolute atomic E-state index is 0.417. The van der Waals surface area contributed by atoms with Crippen LogP contribution in [-0.4, -0.2) is 25.3 Å². The van der Waals surface area contributed by atoms with Gasteiger partial charge in [-0.05, 0) is 24.6 Å². The van der Waals surface area contributed by atoms with Gasteiger partial charge in [-0.2, -0.15) is 10.1 Å². The zero-order chi connectivity index (χ0) is 16.4. The fourth-order valence-corrected chi connectivity index (χ4v) is 2.54. The molecule has 0 spiro atoms. The highest BCUT2D eigenvalue weighted by Gasteiger charge is 2.20. The van der Waals surface area contributed by atoms with E-state index < -0.39 is 0 Å². The molecule has 0 atom stereocenters. The summed E-state index contributed by atoms with van der Waals surface area (Å²) >= 11 is 0. The predicted molar refractivity (Wildman–Crippen MR) is 88.7 cm³/mol. The normalized spacial score (nSPS) is 10.7.